The highest BCUT2D eigenvalue weighted by Gasteiger charge is 2.62. The number of fused-ring (bicyclic) bond motifs is 4. The van der Waals surface area contributed by atoms with Crippen molar-refractivity contribution in [3.8, 4) is 5.75 Å². The smallest absolute Gasteiger partial charge is 0.410 e. The number of carbonyl (C=O) groups is 5. The van der Waals surface area contributed by atoms with Crippen molar-refractivity contribution >= 4 is 39.8 Å². The van der Waals surface area contributed by atoms with Crippen LogP contribution in [0.5, 0.6) is 5.75 Å². The number of alkyl carbamates (subject to hydrolysis) is 1. The van der Waals surface area contributed by atoms with E-state index >= 15 is 0 Å². The molecule has 15 heteroatoms. The van der Waals surface area contributed by atoms with Crippen molar-refractivity contribution in [3.63, 3.8) is 0 Å². The topological polar surface area (TPSA) is 178 Å². The Bertz CT molecular complexity index is 1790. The largest absolute Gasteiger partial charge is 0.494 e. The first-order chi connectivity index (χ1) is 25.8. The molecule has 0 spiro atoms. The van der Waals surface area contributed by atoms with Crippen LogP contribution in [0.3, 0.4) is 0 Å². The van der Waals surface area contributed by atoms with Crippen LogP contribution in [-0.4, -0.2) is 91.2 Å². The van der Waals surface area contributed by atoms with Gasteiger partial charge >= 0.3 is 12.2 Å². The second kappa shape index (κ2) is 15.6. The van der Waals surface area contributed by atoms with Crippen LogP contribution in [0.25, 0.3) is 0 Å². The van der Waals surface area contributed by atoms with Crippen molar-refractivity contribution in [1.29, 1.82) is 0 Å². The van der Waals surface area contributed by atoms with Gasteiger partial charge in [0.15, 0.2) is 5.78 Å². The molecule has 1 aromatic carbocycles. The number of benzene rings is 1. The van der Waals surface area contributed by atoms with Crippen molar-refractivity contribution in [2.75, 3.05) is 19.8 Å². The summed E-state index contributed by atoms with van der Waals surface area (Å²) in [6.07, 6.45) is 2.91. The molecule has 3 fully saturated rings. The SMILES string of the molecule is CC[C@H]1C[C@@]1(CC(=O)C1C[C@@H]2CN1C(=O)[C@H](C(C)(C)C)NC(=O)OCC(C)(C)CCCCCOc1ccc3c(c1)CN(C3)C(=O)O2)C(=O)NS(=O)(=O)C1CC1. The number of cyclic esters (lactones) is 1. The van der Waals surface area contributed by atoms with Gasteiger partial charge in [-0.05, 0) is 72.1 Å². The molecule has 304 valence electrons. The van der Waals surface area contributed by atoms with Crippen LogP contribution in [0.1, 0.15) is 117 Å². The van der Waals surface area contributed by atoms with Crippen LogP contribution in [0.4, 0.5) is 9.59 Å². The first-order valence-corrected chi connectivity index (χ1v) is 21.4. The molecule has 1 aromatic rings. The van der Waals surface area contributed by atoms with Crippen molar-refractivity contribution in [1.82, 2.24) is 19.8 Å². The molecule has 14 nitrogen and oxygen atoms in total. The van der Waals surface area contributed by atoms with E-state index in [-0.39, 0.29) is 37.3 Å². The highest BCUT2D eigenvalue weighted by Crippen LogP contribution is 2.58. The average molecular weight is 787 g/mol. The van der Waals surface area contributed by atoms with Gasteiger partial charge in [-0.15, -0.1) is 0 Å². The minimum Gasteiger partial charge on any atom is -0.494 e. The summed E-state index contributed by atoms with van der Waals surface area (Å²) >= 11 is 0. The molecule has 5 bridgehead atoms. The van der Waals surface area contributed by atoms with Crippen LogP contribution in [0.15, 0.2) is 18.2 Å². The Labute approximate surface area is 324 Å². The Balaban J connectivity index is 1.26. The number of sulfonamides is 1. The van der Waals surface area contributed by atoms with E-state index in [4.69, 9.17) is 14.2 Å². The number of Topliss-reactive ketones (excluding diaryl/α,β-unsaturated/α-hetero) is 1. The van der Waals surface area contributed by atoms with Gasteiger partial charge in [-0.25, -0.2) is 18.0 Å². The zero-order valence-electron chi connectivity index (χ0n) is 33.1. The van der Waals surface area contributed by atoms with Crippen molar-refractivity contribution < 1.29 is 46.6 Å². The van der Waals surface area contributed by atoms with E-state index in [2.05, 4.69) is 10.0 Å². The summed E-state index contributed by atoms with van der Waals surface area (Å²) in [5, 5.41) is 2.16. The van der Waals surface area contributed by atoms with Crippen LogP contribution >= 0.6 is 0 Å². The fourth-order valence-electron chi connectivity index (χ4n) is 8.23. The fraction of sp³-hybridized carbons (Fsp3) is 0.725. The summed E-state index contributed by atoms with van der Waals surface area (Å²) in [6, 6.07) is 3.60. The molecule has 5 atom stereocenters. The monoisotopic (exact) mass is 786 g/mol. The Kier molecular flexibility index (Phi) is 11.5. The Morgan fingerprint density at radius 3 is 2.42 bits per heavy atom. The quantitative estimate of drug-likeness (QED) is 0.373. The third kappa shape index (κ3) is 9.40. The Morgan fingerprint density at radius 1 is 1.02 bits per heavy atom. The maximum absolute atomic E-state index is 14.6. The van der Waals surface area contributed by atoms with Crippen molar-refractivity contribution in [3.05, 3.63) is 29.3 Å². The third-order valence-corrected chi connectivity index (χ3v) is 13.8. The number of amides is 4. The lowest BCUT2D eigenvalue weighted by molar-refractivity contribution is -0.142. The zero-order valence-corrected chi connectivity index (χ0v) is 33.9. The maximum atomic E-state index is 14.6. The van der Waals surface area contributed by atoms with Crippen molar-refractivity contribution in [2.45, 2.75) is 142 Å². The molecule has 2 aliphatic carbocycles. The molecular weight excluding hydrogens is 729 g/mol. The average Bonchev–Trinajstić information content (AvgIpc) is 4.01. The first-order valence-electron chi connectivity index (χ1n) is 19.8. The van der Waals surface area contributed by atoms with E-state index in [9.17, 15) is 32.4 Å². The van der Waals surface area contributed by atoms with Crippen LogP contribution in [0, 0.1) is 22.2 Å². The van der Waals surface area contributed by atoms with Gasteiger partial charge < -0.3 is 24.4 Å². The number of hydrogen-bond acceptors (Lipinski definition) is 10. The van der Waals surface area contributed by atoms with Gasteiger partial charge in [-0.3, -0.25) is 24.0 Å². The Morgan fingerprint density at radius 2 is 1.75 bits per heavy atom. The van der Waals surface area contributed by atoms with Gasteiger partial charge in [0.2, 0.25) is 21.8 Å². The van der Waals surface area contributed by atoms with Crippen molar-refractivity contribution in [2.24, 2.45) is 22.2 Å². The molecule has 2 saturated carbocycles. The lowest BCUT2D eigenvalue weighted by Gasteiger charge is -2.35. The minimum atomic E-state index is -3.85. The lowest BCUT2D eigenvalue weighted by Crippen LogP contribution is -2.57. The normalized spacial score (nSPS) is 29.2. The second-order valence-electron chi connectivity index (χ2n) is 18.2. The molecule has 3 aliphatic heterocycles. The summed E-state index contributed by atoms with van der Waals surface area (Å²) in [5.74, 6) is -1.14. The second-order valence-corrected chi connectivity index (χ2v) is 20.1. The van der Waals surface area contributed by atoms with E-state index in [0.717, 1.165) is 42.6 Å². The molecule has 6 rings (SSSR count). The zero-order chi connectivity index (χ0) is 39.9. The van der Waals surface area contributed by atoms with Gasteiger partial charge in [-0.2, -0.15) is 0 Å². The number of rotatable bonds is 7. The predicted molar refractivity (Wildman–Crippen MR) is 202 cm³/mol. The molecule has 0 aromatic heterocycles. The van der Waals surface area contributed by atoms with Gasteiger partial charge in [-0.1, -0.05) is 66.9 Å². The Hall–Kier alpha value is -3.88. The highest BCUT2D eigenvalue weighted by molar-refractivity contribution is 7.90. The van der Waals surface area contributed by atoms with Gasteiger partial charge in [0.1, 0.15) is 17.9 Å². The van der Waals surface area contributed by atoms with Gasteiger partial charge in [0, 0.05) is 25.9 Å². The molecule has 5 aliphatic rings. The number of hydrogen-bond donors (Lipinski definition) is 2. The predicted octanol–water partition coefficient (Wildman–Crippen LogP) is 5.21. The van der Waals surface area contributed by atoms with Crippen LogP contribution in [-0.2, 0) is 47.0 Å². The maximum Gasteiger partial charge on any atom is 0.410 e. The summed E-state index contributed by atoms with van der Waals surface area (Å²) in [7, 11) is -3.85. The van der Waals surface area contributed by atoms with E-state index in [1.165, 1.54) is 4.90 Å². The summed E-state index contributed by atoms with van der Waals surface area (Å²) in [4.78, 5) is 72.4. The molecular formula is C40H58N4O10S. The van der Waals surface area contributed by atoms with Crippen LogP contribution in [0.2, 0.25) is 0 Å². The van der Waals surface area contributed by atoms with E-state index in [0.29, 0.717) is 45.4 Å². The van der Waals surface area contributed by atoms with Crippen LogP contribution < -0.4 is 14.8 Å². The number of ether oxygens (including phenoxy) is 3. The lowest BCUT2D eigenvalue weighted by atomic mass is 9.85. The number of nitrogens with zero attached hydrogens (tertiary/aromatic N) is 2. The number of ketones is 1. The van der Waals surface area contributed by atoms with Gasteiger partial charge in [0.25, 0.3) is 0 Å². The summed E-state index contributed by atoms with van der Waals surface area (Å²) in [5.41, 5.74) is -0.421. The molecule has 3 heterocycles. The number of carbonyl (C=O) groups excluding carboxylic acids is 5. The summed E-state index contributed by atoms with van der Waals surface area (Å²) < 4.78 is 45.4. The standard InChI is InChI=1S/C40H58N4O10S/c1-7-27-19-40(27,35(47)42-55(50,51)30-13-14-30)20-32(45)31-18-29-23-44(31)34(46)33(38(2,3)4)41-36(48)53-24-39(5,6)15-9-8-10-16-52-28-12-11-25-21-43(37(49)54-29)22-26(25)17-28/h11-12,17,27,29-31,33H,7-10,13-16,18-24H2,1-6H3,(H,41,48)(H,42,47)/t27-,29+,31?,33+,40-/m0/s1. The molecule has 2 N–H and O–H groups in total. The summed E-state index contributed by atoms with van der Waals surface area (Å²) in [6.45, 7) is 12.6. The van der Waals surface area contributed by atoms with Gasteiger partial charge in [0.05, 0.1) is 36.5 Å². The fourth-order valence-corrected chi connectivity index (χ4v) is 9.61. The molecule has 0 radical (unpaired) electrons. The minimum absolute atomic E-state index is 0.0144. The molecule has 55 heavy (non-hydrogen) atoms. The number of nitrogens with one attached hydrogen (secondary N) is 2. The molecule has 1 unspecified atom stereocenters. The van der Waals surface area contributed by atoms with E-state index < -0.39 is 74.1 Å². The van der Waals surface area contributed by atoms with E-state index in [1.807, 2.05) is 39.0 Å². The highest BCUT2D eigenvalue weighted by atomic mass is 32.2. The van der Waals surface area contributed by atoms with E-state index in [1.54, 1.807) is 25.7 Å². The molecule has 4 amide bonds. The third-order valence-electron chi connectivity index (χ3n) is 11.9. The molecule has 1 saturated heterocycles. The first kappa shape index (κ1) is 40.8.